The first-order chi connectivity index (χ1) is 30.6. The van der Waals surface area contributed by atoms with Crippen LogP contribution in [0, 0.1) is 0 Å². The summed E-state index contributed by atoms with van der Waals surface area (Å²) in [7, 11) is -23.8. The number of sulfone groups is 1. The first kappa shape index (κ1) is 48.9. The Bertz CT molecular complexity index is 3590. The van der Waals surface area contributed by atoms with Crippen LogP contribution in [0.1, 0.15) is 0 Å². The molecule has 0 saturated heterocycles. The third-order valence-corrected chi connectivity index (χ3v) is 13.4. The molecule has 1 aromatic heterocycles. The lowest BCUT2D eigenvalue weighted by Crippen LogP contribution is -2.15. The lowest BCUT2D eigenvalue weighted by Gasteiger charge is -2.12. The molecule has 0 radical (unpaired) electrons. The number of hydrogen-bond donors (Lipinski definition) is 9. The Labute approximate surface area is 377 Å². The Morgan fingerprint density at radius 2 is 1.26 bits per heavy atom. The molecule has 0 amide bonds. The first-order valence-corrected chi connectivity index (χ1v) is 25.1. The van der Waals surface area contributed by atoms with E-state index < -0.39 is 106 Å². The Morgan fingerprint density at radius 3 is 1.88 bits per heavy atom. The number of rotatable bonds is 16. The number of nitrogens with one attached hydrogen (secondary N) is 2. The number of nitrogens with zero attached hydrogens (tertiary/aromatic N) is 7. The fraction of sp³-hybridized carbons (Fsp3) is 0.0606. The number of anilines is 6. The molecule has 0 aliphatic heterocycles. The van der Waals surface area contributed by atoms with Gasteiger partial charge in [0.2, 0.25) is 17.2 Å². The zero-order valence-electron chi connectivity index (χ0n) is 32.4. The molecule has 1 heterocycles. The van der Waals surface area contributed by atoms with Gasteiger partial charge in [0.15, 0.2) is 9.84 Å². The number of hydrogen-bond acceptors (Lipinski definition) is 23. The molecule has 0 unspecified atom stereocenters. The summed E-state index contributed by atoms with van der Waals surface area (Å²) in [5.41, 5.74) is 9.85. The van der Waals surface area contributed by atoms with Crippen LogP contribution < -0.4 is 22.1 Å². The van der Waals surface area contributed by atoms with E-state index >= 15 is 0 Å². The Hall–Kier alpha value is -6.59. The minimum absolute atomic E-state index is 0.0356. The second-order valence-corrected chi connectivity index (χ2v) is 20.8. The summed E-state index contributed by atoms with van der Waals surface area (Å²) in [5, 5.41) is 31.2. The molecule has 0 aliphatic rings. The molecular weight excluding hydrogens is 1000 g/mol. The zero-order valence-corrected chi connectivity index (χ0v) is 37.2. The summed E-state index contributed by atoms with van der Waals surface area (Å²) < 4.78 is 161. The van der Waals surface area contributed by atoms with Gasteiger partial charge in [-0.1, -0.05) is 6.07 Å². The number of benzene rings is 5. The third kappa shape index (κ3) is 12.0. The summed E-state index contributed by atoms with van der Waals surface area (Å²) in [6.07, 6.45) is 0. The summed E-state index contributed by atoms with van der Waals surface area (Å²) in [6.45, 7) is -0.849. The van der Waals surface area contributed by atoms with Crippen molar-refractivity contribution >= 4 is 130 Å². The average Bonchev–Trinajstić information content (AvgIpc) is 3.18. The highest BCUT2D eigenvalue weighted by Crippen LogP contribution is 2.42. The van der Waals surface area contributed by atoms with Crippen LogP contribution >= 0.6 is 11.6 Å². The van der Waals surface area contributed by atoms with Gasteiger partial charge in [0.25, 0.3) is 30.4 Å². The number of aromatic hydroxyl groups is 1. The molecule has 0 saturated carbocycles. The van der Waals surface area contributed by atoms with Crippen molar-refractivity contribution in [2.75, 3.05) is 34.5 Å². The lowest BCUT2D eigenvalue weighted by atomic mass is 10.1. The number of phenols is 1. The number of azo groups is 2. The molecule has 0 fully saturated rings. The second kappa shape index (κ2) is 18.4. The van der Waals surface area contributed by atoms with Gasteiger partial charge in [-0.25, -0.2) is 12.6 Å². The standard InChI is InChI=1S/C33H28ClN11O16S5/c34-31-39-32(37-17-2-5-19(6-3-17)62(47,48)10-9-61-66(58,59)60)41-33(40-31)38-24-14-22(36)27(64(52,53)54)15-25(24)44-42-18-4-8-23(28(12-18)65(55,56)57)43-45-30-21(35)7-1-16-11-20(63(49,50)51)13-26(46)29(16)30/h1-8,11-15,46H,9-10,35-36H2,(H,49,50,51)(H,52,53,54)(H,55,56,57)(H,58,59,60)(H2,37,38,39,40,41)/b44-42+,45-43+. The molecule has 0 atom stereocenters. The van der Waals surface area contributed by atoms with Gasteiger partial charge in [0.05, 0.1) is 50.3 Å². The molecule has 0 bridgehead atoms. The maximum absolute atomic E-state index is 12.5. The molecule has 27 nitrogen and oxygen atoms in total. The highest BCUT2D eigenvalue weighted by molar-refractivity contribution is 7.91. The van der Waals surface area contributed by atoms with Crippen molar-refractivity contribution in [2.45, 2.75) is 19.6 Å². The highest BCUT2D eigenvalue weighted by Gasteiger charge is 2.22. The number of phenolic OH excluding ortho intramolecular Hbond substituents is 1. The van der Waals surface area contributed by atoms with Crippen LogP contribution in [0.4, 0.5) is 57.4 Å². The highest BCUT2D eigenvalue weighted by atomic mass is 35.5. The summed E-state index contributed by atoms with van der Waals surface area (Å²) in [4.78, 5) is 9.41. The normalized spacial score (nSPS) is 12.9. The molecule has 66 heavy (non-hydrogen) atoms. The van der Waals surface area contributed by atoms with Gasteiger partial charge in [-0.3, -0.25) is 18.2 Å². The van der Waals surface area contributed by atoms with Gasteiger partial charge >= 0.3 is 10.4 Å². The van der Waals surface area contributed by atoms with E-state index in [2.05, 4.69) is 50.2 Å². The molecule has 11 N–H and O–H groups in total. The summed E-state index contributed by atoms with van der Waals surface area (Å²) in [6, 6.07) is 13.9. The number of fused-ring (bicyclic) bond motifs is 1. The largest absolute Gasteiger partial charge is 0.507 e. The lowest BCUT2D eigenvalue weighted by molar-refractivity contribution is 0.284. The molecule has 6 rings (SSSR count). The number of nitrogens with two attached hydrogens (primary N) is 2. The fourth-order valence-electron chi connectivity index (χ4n) is 5.56. The molecule has 0 aliphatic carbocycles. The van der Waals surface area contributed by atoms with Crippen molar-refractivity contribution in [3.05, 3.63) is 84.1 Å². The molecule has 0 spiro atoms. The van der Waals surface area contributed by atoms with Gasteiger partial charge in [0.1, 0.15) is 32.6 Å². The van der Waals surface area contributed by atoms with E-state index in [9.17, 15) is 60.9 Å². The maximum atomic E-state index is 12.5. The van der Waals surface area contributed by atoms with E-state index in [0.717, 1.165) is 54.6 Å². The second-order valence-electron chi connectivity index (χ2n) is 13.0. The molecule has 33 heteroatoms. The maximum Gasteiger partial charge on any atom is 0.397 e. The van der Waals surface area contributed by atoms with Crippen LogP contribution in [0.25, 0.3) is 10.8 Å². The van der Waals surface area contributed by atoms with Crippen LogP contribution in [0.2, 0.25) is 5.28 Å². The molecular formula is C33H28ClN11O16S5. The van der Waals surface area contributed by atoms with Gasteiger partial charge in [-0.05, 0) is 83.7 Å². The predicted octanol–water partition coefficient (Wildman–Crippen LogP) is 5.20. The van der Waals surface area contributed by atoms with Crippen molar-refractivity contribution in [3.8, 4) is 5.75 Å². The first-order valence-electron chi connectivity index (χ1n) is 17.4. The Kier molecular flexibility index (Phi) is 13.6. The fourth-order valence-corrected chi connectivity index (χ4v) is 9.00. The van der Waals surface area contributed by atoms with E-state index in [1.807, 2.05) is 0 Å². The topological polar surface area (TPSA) is 445 Å². The summed E-state index contributed by atoms with van der Waals surface area (Å²) in [5.74, 6) is -2.05. The quantitative estimate of drug-likeness (QED) is 0.0341. The van der Waals surface area contributed by atoms with Gasteiger partial charge in [-0.2, -0.15) is 53.7 Å². The van der Waals surface area contributed by atoms with E-state index in [0.29, 0.717) is 0 Å². The van der Waals surface area contributed by atoms with Gasteiger partial charge in [0, 0.05) is 11.8 Å². The van der Waals surface area contributed by atoms with E-state index in [1.165, 1.54) is 24.3 Å². The molecule has 348 valence electrons. The molecule has 5 aromatic carbocycles. The average molecular weight is 1030 g/mol. The van der Waals surface area contributed by atoms with Gasteiger partial charge < -0.3 is 27.2 Å². The van der Waals surface area contributed by atoms with Crippen LogP contribution in [-0.4, -0.2) is 92.7 Å². The van der Waals surface area contributed by atoms with Crippen LogP contribution in [-0.2, 0) is 54.8 Å². The van der Waals surface area contributed by atoms with Crippen molar-refractivity contribution in [3.63, 3.8) is 0 Å². The van der Waals surface area contributed by atoms with E-state index in [1.54, 1.807) is 0 Å². The third-order valence-electron chi connectivity index (χ3n) is 8.44. The van der Waals surface area contributed by atoms with Gasteiger partial charge in [-0.15, -0.1) is 15.3 Å². The smallest absolute Gasteiger partial charge is 0.397 e. The van der Waals surface area contributed by atoms with Crippen molar-refractivity contribution in [1.82, 2.24) is 15.0 Å². The van der Waals surface area contributed by atoms with Crippen LogP contribution in [0.5, 0.6) is 5.75 Å². The predicted molar refractivity (Wildman–Crippen MR) is 233 cm³/mol. The van der Waals surface area contributed by atoms with Crippen LogP contribution in [0.3, 0.4) is 0 Å². The minimum Gasteiger partial charge on any atom is -0.507 e. The summed E-state index contributed by atoms with van der Waals surface area (Å²) >= 11 is 6.13. The SMILES string of the molecule is Nc1cc(Nc2nc(Cl)nc(Nc3ccc(S(=O)(=O)CCOS(=O)(=O)O)cc3)n2)c(/N=N/c2ccc(/N=N/c3c(N)ccc4cc(S(=O)(=O)O)cc(O)c34)c(S(=O)(=O)O)c2)cc1S(=O)(=O)O. The molecule has 6 aromatic rings. The van der Waals surface area contributed by atoms with Crippen LogP contribution in [0.15, 0.2) is 119 Å². The monoisotopic (exact) mass is 1030 g/mol. The zero-order chi connectivity index (χ0) is 48.6. The van der Waals surface area contributed by atoms with Crippen molar-refractivity contribution in [1.29, 1.82) is 0 Å². The van der Waals surface area contributed by atoms with E-state index in [-0.39, 0.29) is 56.0 Å². The van der Waals surface area contributed by atoms with Crippen molar-refractivity contribution in [2.24, 2.45) is 20.5 Å². The number of nitrogen functional groups attached to an aromatic ring is 2. The number of halogens is 1. The Morgan fingerprint density at radius 1 is 0.621 bits per heavy atom. The minimum atomic E-state index is -5.12. The van der Waals surface area contributed by atoms with Crippen molar-refractivity contribution < 1.29 is 69.6 Å². The number of aromatic nitrogens is 3. The Balaban J connectivity index is 1.30. The van der Waals surface area contributed by atoms with E-state index in [4.69, 9.17) is 27.6 Å².